The molecule has 0 bridgehead atoms. The smallest absolute Gasteiger partial charge is 0.160 e. The van der Waals surface area contributed by atoms with Crippen molar-refractivity contribution in [2.75, 3.05) is 19.0 Å². The maximum atomic E-state index is 13.4. The summed E-state index contributed by atoms with van der Waals surface area (Å²) in [5, 5.41) is -0.513. The first kappa shape index (κ1) is 15.1. The van der Waals surface area contributed by atoms with Crippen LogP contribution < -0.4 is 0 Å². The standard InChI is InChI=1S/C14H17FO4S/c15-14-4-2-1-3-11(14)9-12(16)10-20(17,18)13-5-7-19-8-6-13/h1-4,13H,5-10H2. The lowest BCUT2D eigenvalue weighted by Crippen LogP contribution is -2.33. The van der Waals surface area contributed by atoms with E-state index in [4.69, 9.17) is 4.74 Å². The fourth-order valence-electron chi connectivity index (χ4n) is 2.28. The topological polar surface area (TPSA) is 60.4 Å². The van der Waals surface area contributed by atoms with Crippen LogP contribution in [-0.4, -0.2) is 38.4 Å². The molecule has 6 heteroatoms. The van der Waals surface area contributed by atoms with Gasteiger partial charge in [-0.1, -0.05) is 18.2 Å². The van der Waals surface area contributed by atoms with Crippen LogP contribution >= 0.6 is 0 Å². The number of carbonyl (C=O) groups is 1. The molecule has 1 aliphatic heterocycles. The second-order valence-corrected chi connectivity index (χ2v) is 7.21. The summed E-state index contributed by atoms with van der Waals surface area (Å²) < 4.78 is 42.7. The monoisotopic (exact) mass is 300 g/mol. The average Bonchev–Trinajstić information content (AvgIpc) is 2.42. The minimum Gasteiger partial charge on any atom is -0.381 e. The van der Waals surface area contributed by atoms with Crippen LogP contribution in [0.15, 0.2) is 24.3 Å². The molecule has 110 valence electrons. The van der Waals surface area contributed by atoms with Gasteiger partial charge in [0.05, 0.1) is 5.25 Å². The summed E-state index contributed by atoms with van der Waals surface area (Å²) in [6.45, 7) is 0.816. The minimum atomic E-state index is -3.47. The van der Waals surface area contributed by atoms with Gasteiger partial charge in [-0.25, -0.2) is 12.8 Å². The van der Waals surface area contributed by atoms with Crippen LogP contribution in [-0.2, 0) is 25.8 Å². The summed E-state index contributed by atoms with van der Waals surface area (Å²) >= 11 is 0. The van der Waals surface area contributed by atoms with Gasteiger partial charge >= 0.3 is 0 Å². The molecule has 0 radical (unpaired) electrons. The Morgan fingerprint density at radius 1 is 1.25 bits per heavy atom. The highest BCUT2D eigenvalue weighted by Gasteiger charge is 2.29. The summed E-state index contributed by atoms with van der Waals surface area (Å²) in [7, 11) is -3.47. The van der Waals surface area contributed by atoms with Crippen molar-refractivity contribution in [2.45, 2.75) is 24.5 Å². The Balaban J connectivity index is 1.98. The van der Waals surface area contributed by atoms with E-state index in [1.54, 1.807) is 6.07 Å². The molecular formula is C14H17FO4S. The number of ketones is 1. The van der Waals surface area contributed by atoms with Gasteiger partial charge in [0.15, 0.2) is 15.6 Å². The molecule has 2 rings (SSSR count). The van der Waals surface area contributed by atoms with E-state index in [1.807, 2.05) is 0 Å². The van der Waals surface area contributed by atoms with E-state index in [0.29, 0.717) is 26.1 Å². The van der Waals surface area contributed by atoms with Crippen LogP contribution in [0.1, 0.15) is 18.4 Å². The Morgan fingerprint density at radius 2 is 1.90 bits per heavy atom. The number of Topliss-reactive ketones (excluding diaryl/α,β-unsaturated/α-hetero) is 1. The molecule has 0 amide bonds. The zero-order chi connectivity index (χ0) is 14.6. The number of ether oxygens (including phenoxy) is 1. The number of halogens is 1. The predicted octanol–water partition coefficient (Wildman–Crippen LogP) is 1.53. The molecule has 0 atom stereocenters. The van der Waals surface area contributed by atoms with Crippen molar-refractivity contribution < 1.29 is 22.3 Å². The summed E-state index contributed by atoms with van der Waals surface area (Å²) in [6.07, 6.45) is 0.666. The van der Waals surface area contributed by atoms with E-state index in [1.165, 1.54) is 18.2 Å². The number of benzene rings is 1. The van der Waals surface area contributed by atoms with Crippen LogP contribution in [0.3, 0.4) is 0 Å². The summed E-state index contributed by atoms with van der Waals surface area (Å²) in [4.78, 5) is 11.8. The largest absolute Gasteiger partial charge is 0.381 e. The second-order valence-electron chi connectivity index (χ2n) is 4.93. The first-order valence-corrected chi connectivity index (χ1v) is 8.25. The van der Waals surface area contributed by atoms with E-state index < -0.39 is 32.4 Å². The van der Waals surface area contributed by atoms with Gasteiger partial charge in [-0.15, -0.1) is 0 Å². The molecule has 20 heavy (non-hydrogen) atoms. The summed E-state index contributed by atoms with van der Waals surface area (Å²) in [6, 6.07) is 5.91. The Kier molecular flexibility index (Phi) is 4.88. The molecule has 0 N–H and O–H groups in total. The molecule has 0 spiro atoms. The quantitative estimate of drug-likeness (QED) is 0.827. The Hall–Kier alpha value is -1.27. The lowest BCUT2D eigenvalue weighted by Gasteiger charge is -2.21. The molecular weight excluding hydrogens is 283 g/mol. The molecule has 1 aliphatic rings. The summed E-state index contributed by atoms with van der Waals surface area (Å²) in [5.74, 6) is -1.47. The average molecular weight is 300 g/mol. The van der Waals surface area contributed by atoms with Gasteiger partial charge < -0.3 is 4.74 Å². The second kappa shape index (κ2) is 6.45. The van der Waals surface area contributed by atoms with Crippen molar-refractivity contribution in [2.24, 2.45) is 0 Å². The molecule has 0 unspecified atom stereocenters. The number of hydrogen-bond donors (Lipinski definition) is 0. The maximum absolute atomic E-state index is 13.4. The third-order valence-electron chi connectivity index (χ3n) is 3.38. The molecule has 0 aromatic heterocycles. The first-order valence-electron chi connectivity index (χ1n) is 6.53. The van der Waals surface area contributed by atoms with Crippen LogP contribution in [0.4, 0.5) is 4.39 Å². The van der Waals surface area contributed by atoms with Gasteiger partial charge in [0, 0.05) is 19.6 Å². The molecule has 1 fully saturated rings. The zero-order valence-electron chi connectivity index (χ0n) is 11.0. The van der Waals surface area contributed by atoms with Gasteiger partial charge in [0.2, 0.25) is 0 Å². The van der Waals surface area contributed by atoms with Gasteiger partial charge in [-0.3, -0.25) is 4.79 Å². The predicted molar refractivity (Wildman–Crippen MR) is 72.7 cm³/mol. The van der Waals surface area contributed by atoms with Gasteiger partial charge in [0.25, 0.3) is 0 Å². The van der Waals surface area contributed by atoms with Crippen LogP contribution in [0.25, 0.3) is 0 Å². The van der Waals surface area contributed by atoms with Gasteiger partial charge in [-0.2, -0.15) is 0 Å². The fourth-order valence-corrected chi connectivity index (χ4v) is 3.98. The summed E-state index contributed by atoms with van der Waals surface area (Å²) in [5.41, 5.74) is 0.236. The van der Waals surface area contributed by atoms with Gasteiger partial charge in [-0.05, 0) is 24.5 Å². The molecule has 0 saturated carbocycles. The SMILES string of the molecule is O=C(Cc1ccccc1F)CS(=O)(=O)C1CCOCC1. The number of sulfone groups is 1. The first-order chi connectivity index (χ1) is 9.49. The van der Waals surface area contributed by atoms with Crippen LogP contribution in [0.5, 0.6) is 0 Å². The molecule has 1 saturated heterocycles. The van der Waals surface area contributed by atoms with Crippen molar-refractivity contribution in [3.05, 3.63) is 35.6 Å². The molecule has 4 nitrogen and oxygen atoms in total. The lowest BCUT2D eigenvalue weighted by atomic mass is 10.1. The normalized spacial score (nSPS) is 17.1. The van der Waals surface area contributed by atoms with Crippen molar-refractivity contribution in [1.82, 2.24) is 0 Å². The van der Waals surface area contributed by atoms with Gasteiger partial charge in [0.1, 0.15) is 11.6 Å². The molecule has 1 heterocycles. The molecule has 1 aromatic carbocycles. The Morgan fingerprint density at radius 3 is 2.55 bits per heavy atom. The Labute approximate surface area is 117 Å². The number of rotatable bonds is 5. The Bertz CT molecular complexity index is 577. The van der Waals surface area contributed by atoms with Crippen molar-refractivity contribution in [3.8, 4) is 0 Å². The van der Waals surface area contributed by atoms with E-state index in [2.05, 4.69) is 0 Å². The highest BCUT2D eigenvalue weighted by molar-refractivity contribution is 7.92. The van der Waals surface area contributed by atoms with Crippen LogP contribution in [0, 0.1) is 5.82 Å². The van der Waals surface area contributed by atoms with E-state index in [9.17, 15) is 17.6 Å². The molecule has 1 aromatic rings. The number of carbonyl (C=O) groups excluding carboxylic acids is 1. The van der Waals surface area contributed by atoms with E-state index >= 15 is 0 Å². The van der Waals surface area contributed by atoms with Crippen molar-refractivity contribution in [3.63, 3.8) is 0 Å². The fraction of sp³-hybridized carbons (Fsp3) is 0.500. The molecule has 0 aliphatic carbocycles. The lowest BCUT2D eigenvalue weighted by molar-refractivity contribution is -0.116. The third kappa shape index (κ3) is 3.86. The highest BCUT2D eigenvalue weighted by Crippen LogP contribution is 2.17. The minimum absolute atomic E-state index is 0.185. The van der Waals surface area contributed by atoms with Crippen molar-refractivity contribution in [1.29, 1.82) is 0 Å². The third-order valence-corrected chi connectivity index (χ3v) is 5.60. The van der Waals surface area contributed by atoms with E-state index in [-0.39, 0.29) is 12.0 Å². The van der Waals surface area contributed by atoms with E-state index in [0.717, 1.165) is 0 Å². The highest BCUT2D eigenvalue weighted by atomic mass is 32.2. The zero-order valence-corrected chi connectivity index (χ0v) is 11.9. The number of hydrogen-bond acceptors (Lipinski definition) is 4. The van der Waals surface area contributed by atoms with Crippen molar-refractivity contribution >= 4 is 15.6 Å². The van der Waals surface area contributed by atoms with Crippen LogP contribution in [0.2, 0.25) is 0 Å². The maximum Gasteiger partial charge on any atom is 0.160 e.